The standard InChI is InChI=1S/C12H22O/c1-9(2)11-6-5-7-12(13,8-11)10(3)4/h5,7,9-11,13H,6,8H2,1-4H3. The summed E-state index contributed by atoms with van der Waals surface area (Å²) >= 11 is 0. The molecule has 2 atom stereocenters. The zero-order valence-electron chi connectivity index (χ0n) is 9.25. The van der Waals surface area contributed by atoms with Gasteiger partial charge in [-0.05, 0) is 30.6 Å². The molecular weight excluding hydrogens is 160 g/mol. The minimum absolute atomic E-state index is 0.324. The van der Waals surface area contributed by atoms with Gasteiger partial charge in [-0.25, -0.2) is 0 Å². The van der Waals surface area contributed by atoms with Gasteiger partial charge in [0.05, 0.1) is 5.60 Å². The van der Waals surface area contributed by atoms with Crippen molar-refractivity contribution in [2.45, 2.75) is 46.1 Å². The molecule has 1 aliphatic rings. The summed E-state index contributed by atoms with van der Waals surface area (Å²) < 4.78 is 0. The highest BCUT2D eigenvalue weighted by Crippen LogP contribution is 2.35. The normalized spacial score (nSPS) is 34.5. The van der Waals surface area contributed by atoms with E-state index in [1.165, 1.54) is 0 Å². The lowest BCUT2D eigenvalue weighted by Crippen LogP contribution is -2.38. The zero-order chi connectivity index (χ0) is 10.1. The molecule has 0 spiro atoms. The fourth-order valence-corrected chi connectivity index (χ4v) is 1.95. The first-order valence-electron chi connectivity index (χ1n) is 5.36. The Kier molecular flexibility index (Phi) is 3.18. The van der Waals surface area contributed by atoms with Gasteiger partial charge in [-0.2, -0.15) is 0 Å². The molecule has 76 valence electrons. The van der Waals surface area contributed by atoms with Crippen LogP contribution in [0.2, 0.25) is 0 Å². The molecule has 0 aromatic heterocycles. The van der Waals surface area contributed by atoms with Gasteiger partial charge in [-0.15, -0.1) is 0 Å². The molecule has 1 nitrogen and oxygen atoms in total. The lowest BCUT2D eigenvalue weighted by atomic mass is 9.73. The lowest BCUT2D eigenvalue weighted by Gasteiger charge is -2.37. The third kappa shape index (κ3) is 2.34. The van der Waals surface area contributed by atoms with Crippen LogP contribution in [0.4, 0.5) is 0 Å². The first-order chi connectivity index (χ1) is 5.96. The topological polar surface area (TPSA) is 20.2 Å². The van der Waals surface area contributed by atoms with Crippen molar-refractivity contribution in [2.75, 3.05) is 0 Å². The SMILES string of the molecule is CC(C)C1CC=CC(O)(C(C)C)C1. The van der Waals surface area contributed by atoms with Crippen molar-refractivity contribution < 1.29 is 5.11 Å². The predicted molar refractivity (Wildman–Crippen MR) is 56.5 cm³/mol. The molecular formula is C12H22O. The van der Waals surface area contributed by atoms with E-state index in [1.54, 1.807) is 0 Å². The Morgan fingerprint density at radius 3 is 2.38 bits per heavy atom. The smallest absolute Gasteiger partial charge is 0.0853 e. The fraction of sp³-hybridized carbons (Fsp3) is 0.833. The Hall–Kier alpha value is -0.300. The summed E-state index contributed by atoms with van der Waals surface area (Å²) in [6.07, 6.45) is 6.20. The summed E-state index contributed by atoms with van der Waals surface area (Å²) in [6.45, 7) is 8.66. The number of hydrogen-bond donors (Lipinski definition) is 1. The quantitative estimate of drug-likeness (QED) is 0.651. The van der Waals surface area contributed by atoms with Crippen molar-refractivity contribution in [3.8, 4) is 0 Å². The number of hydrogen-bond acceptors (Lipinski definition) is 1. The molecule has 0 aromatic rings. The van der Waals surface area contributed by atoms with Crippen LogP contribution in [0.25, 0.3) is 0 Å². The predicted octanol–water partition coefficient (Wildman–Crippen LogP) is 3.00. The van der Waals surface area contributed by atoms with Crippen LogP contribution in [-0.4, -0.2) is 10.7 Å². The van der Waals surface area contributed by atoms with Crippen LogP contribution < -0.4 is 0 Å². The van der Waals surface area contributed by atoms with Crippen LogP contribution in [0, 0.1) is 17.8 Å². The van der Waals surface area contributed by atoms with Crippen molar-refractivity contribution >= 4 is 0 Å². The third-order valence-electron chi connectivity index (χ3n) is 3.38. The van der Waals surface area contributed by atoms with Crippen LogP contribution in [-0.2, 0) is 0 Å². The van der Waals surface area contributed by atoms with E-state index < -0.39 is 5.60 Å². The van der Waals surface area contributed by atoms with Crippen molar-refractivity contribution in [2.24, 2.45) is 17.8 Å². The highest BCUT2D eigenvalue weighted by molar-refractivity contribution is 5.08. The second-order valence-electron chi connectivity index (χ2n) is 4.99. The monoisotopic (exact) mass is 182 g/mol. The van der Waals surface area contributed by atoms with Gasteiger partial charge < -0.3 is 5.11 Å². The van der Waals surface area contributed by atoms with Gasteiger partial charge in [0.25, 0.3) is 0 Å². The second kappa shape index (κ2) is 3.83. The highest BCUT2D eigenvalue weighted by Gasteiger charge is 2.34. The van der Waals surface area contributed by atoms with E-state index in [0.29, 0.717) is 17.8 Å². The molecule has 0 aromatic carbocycles. The Morgan fingerprint density at radius 2 is 1.92 bits per heavy atom. The number of aliphatic hydroxyl groups is 1. The van der Waals surface area contributed by atoms with E-state index in [4.69, 9.17) is 0 Å². The average molecular weight is 182 g/mol. The van der Waals surface area contributed by atoms with Crippen molar-refractivity contribution in [3.05, 3.63) is 12.2 Å². The molecule has 0 bridgehead atoms. The third-order valence-corrected chi connectivity index (χ3v) is 3.38. The van der Waals surface area contributed by atoms with Crippen LogP contribution in [0.1, 0.15) is 40.5 Å². The summed E-state index contributed by atoms with van der Waals surface area (Å²) in [6, 6.07) is 0. The summed E-state index contributed by atoms with van der Waals surface area (Å²) in [5, 5.41) is 10.3. The molecule has 1 rings (SSSR count). The van der Waals surface area contributed by atoms with Gasteiger partial charge in [0.1, 0.15) is 0 Å². The minimum Gasteiger partial charge on any atom is -0.386 e. The molecule has 0 radical (unpaired) electrons. The van der Waals surface area contributed by atoms with Gasteiger partial charge in [0.2, 0.25) is 0 Å². The molecule has 0 saturated heterocycles. The molecule has 1 heteroatoms. The van der Waals surface area contributed by atoms with Gasteiger partial charge in [0, 0.05) is 0 Å². The molecule has 0 aliphatic heterocycles. The van der Waals surface area contributed by atoms with Crippen molar-refractivity contribution in [3.63, 3.8) is 0 Å². The maximum atomic E-state index is 10.3. The molecule has 1 aliphatic carbocycles. The van der Waals surface area contributed by atoms with Gasteiger partial charge in [0.15, 0.2) is 0 Å². The first-order valence-corrected chi connectivity index (χ1v) is 5.36. The summed E-state index contributed by atoms with van der Waals surface area (Å²) in [5.74, 6) is 1.65. The molecule has 0 saturated carbocycles. The summed E-state index contributed by atoms with van der Waals surface area (Å²) in [7, 11) is 0. The number of rotatable bonds is 2. The van der Waals surface area contributed by atoms with E-state index in [0.717, 1.165) is 12.8 Å². The van der Waals surface area contributed by atoms with Gasteiger partial charge >= 0.3 is 0 Å². The molecule has 13 heavy (non-hydrogen) atoms. The average Bonchev–Trinajstić information content (AvgIpc) is 2.04. The fourth-order valence-electron chi connectivity index (χ4n) is 1.95. The maximum absolute atomic E-state index is 10.3. The Labute approximate surface area is 81.9 Å². The van der Waals surface area contributed by atoms with Crippen LogP contribution in [0.5, 0.6) is 0 Å². The number of allylic oxidation sites excluding steroid dienone is 1. The Bertz CT molecular complexity index is 193. The molecule has 0 fully saturated rings. The molecule has 0 heterocycles. The molecule has 0 amide bonds. The van der Waals surface area contributed by atoms with Gasteiger partial charge in [-0.1, -0.05) is 39.8 Å². The van der Waals surface area contributed by atoms with Crippen molar-refractivity contribution in [1.82, 2.24) is 0 Å². The largest absolute Gasteiger partial charge is 0.386 e. The highest BCUT2D eigenvalue weighted by atomic mass is 16.3. The molecule has 2 unspecified atom stereocenters. The Morgan fingerprint density at radius 1 is 1.31 bits per heavy atom. The Balaban J connectivity index is 2.71. The van der Waals surface area contributed by atoms with Crippen LogP contribution >= 0.6 is 0 Å². The first kappa shape index (κ1) is 10.8. The maximum Gasteiger partial charge on any atom is 0.0853 e. The van der Waals surface area contributed by atoms with Crippen LogP contribution in [0.15, 0.2) is 12.2 Å². The van der Waals surface area contributed by atoms with E-state index >= 15 is 0 Å². The summed E-state index contributed by atoms with van der Waals surface area (Å²) in [5.41, 5.74) is -0.548. The molecule has 1 N–H and O–H groups in total. The van der Waals surface area contributed by atoms with E-state index in [-0.39, 0.29) is 0 Å². The minimum atomic E-state index is -0.548. The van der Waals surface area contributed by atoms with E-state index in [9.17, 15) is 5.11 Å². The van der Waals surface area contributed by atoms with E-state index in [2.05, 4.69) is 33.8 Å². The second-order valence-corrected chi connectivity index (χ2v) is 4.99. The summed E-state index contributed by atoms with van der Waals surface area (Å²) in [4.78, 5) is 0. The van der Waals surface area contributed by atoms with Gasteiger partial charge in [-0.3, -0.25) is 0 Å². The lowest BCUT2D eigenvalue weighted by molar-refractivity contribution is 0.00628. The van der Waals surface area contributed by atoms with E-state index in [1.807, 2.05) is 6.08 Å². The zero-order valence-corrected chi connectivity index (χ0v) is 9.25. The van der Waals surface area contributed by atoms with Crippen molar-refractivity contribution in [1.29, 1.82) is 0 Å². The van der Waals surface area contributed by atoms with Crippen LogP contribution in [0.3, 0.4) is 0 Å².